The van der Waals surface area contributed by atoms with Gasteiger partial charge < -0.3 is 9.52 Å². The second-order valence-corrected chi connectivity index (χ2v) is 2.98. The van der Waals surface area contributed by atoms with Crippen molar-refractivity contribution in [1.29, 1.82) is 0 Å². The molecule has 0 saturated carbocycles. The summed E-state index contributed by atoms with van der Waals surface area (Å²) in [7, 11) is 0. The summed E-state index contributed by atoms with van der Waals surface area (Å²) in [6, 6.07) is 0. The Balaban J connectivity index is 3.06. The topological polar surface area (TPSA) is 63.3 Å². The molecule has 1 heterocycles. The SMILES string of the molecule is C\C=C/C=C(\C=C/C)c1ncc(C(=O)O)o1. The largest absolute Gasteiger partial charge is 0.475 e. The summed E-state index contributed by atoms with van der Waals surface area (Å²) in [5.74, 6) is -0.982. The van der Waals surface area contributed by atoms with Gasteiger partial charge in [0.15, 0.2) is 0 Å². The van der Waals surface area contributed by atoms with Gasteiger partial charge >= 0.3 is 5.97 Å². The van der Waals surface area contributed by atoms with Crippen LogP contribution in [0.1, 0.15) is 30.3 Å². The van der Waals surface area contributed by atoms with Crippen molar-refractivity contribution in [2.75, 3.05) is 0 Å². The van der Waals surface area contributed by atoms with E-state index >= 15 is 0 Å². The molecular formula is C12H13NO3. The van der Waals surface area contributed by atoms with Crippen LogP contribution in [0, 0.1) is 0 Å². The predicted octanol–water partition coefficient (Wildman–Crippen LogP) is 2.91. The minimum atomic E-state index is -1.12. The van der Waals surface area contributed by atoms with Crippen molar-refractivity contribution in [3.05, 3.63) is 48.2 Å². The van der Waals surface area contributed by atoms with Crippen LogP contribution in [-0.4, -0.2) is 16.1 Å². The minimum Gasteiger partial charge on any atom is -0.475 e. The van der Waals surface area contributed by atoms with Crippen LogP contribution in [0.4, 0.5) is 0 Å². The Hall–Kier alpha value is -2.10. The zero-order valence-electron chi connectivity index (χ0n) is 9.18. The summed E-state index contributed by atoms with van der Waals surface area (Å²) >= 11 is 0. The Labute approximate surface area is 93.6 Å². The fourth-order valence-electron chi connectivity index (χ4n) is 1.08. The molecule has 0 saturated heterocycles. The van der Waals surface area contributed by atoms with Crippen molar-refractivity contribution >= 4 is 11.5 Å². The van der Waals surface area contributed by atoms with Crippen molar-refractivity contribution in [2.45, 2.75) is 13.8 Å². The third kappa shape index (κ3) is 2.95. The number of aromatic nitrogens is 1. The monoisotopic (exact) mass is 219 g/mol. The maximum absolute atomic E-state index is 10.6. The van der Waals surface area contributed by atoms with E-state index in [1.54, 1.807) is 12.2 Å². The van der Waals surface area contributed by atoms with Gasteiger partial charge in [0.2, 0.25) is 11.7 Å². The molecule has 0 atom stereocenters. The summed E-state index contributed by atoms with van der Waals surface area (Å²) in [6.45, 7) is 3.76. The van der Waals surface area contributed by atoms with E-state index in [1.165, 1.54) is 6.20 Å². The van der Waals surface area contributed by atoms with Crippen LogP contribution in [0.3, 0.4) is 0 Å². The van der Waals surface area contributed by atoms with Gasteiger partial charge in [-0.3, -0.25) is 0 Å². The maximum Gasteiger partial charge on any atom is 0.373 e. The molecule has 0 aliphatic rings. The average Bonchev–Trinajstić information content (AvgIpc) is 2.73. The third-order valence-electron chi connectivity index (χ3n) is 1.78. The molecule has 84 valence electrons. The fourth-order valence-corrected chi connectivity index (χ4v) is 1.08. The van der Waals surface area contributed by atoms with Gasteiger partial charge in [0.05, 0.1) is 6.20 Å². The van der Waals surface area contributed by atoms with Crippen LogP contribution in [0.25, 0.3) is 5.57 Å². The van der Waals surface area contributed by atoms with Crippen LogP contribution in [0.15, 0.2) is 41.0 Å². The van der Waals surface area contributed by atoms with Gasteiger partial charge in [0, 0.05) is 5.57 Å². The van der Waals surface area contributed by atoms with E-state index < -0.39 is 5.97 Å². The molecule has 1 rings (SSSR count). The van der Waals surface area contributed by atoms with Crippen LogP contribution in [0.5, 0.6) is 0 Å². The van der Waals surface area contributed by atoms with Gasteiger partial charge in [0.25, 0.3) is 0 Å². The Bertz CT molecular complexity index is 453. The Morgan fingerprint density at radius 3 is 2.69 bits per heavy atom. The number of hydrogen-bond donors (Lipinski definition) is 1. The van der Waals surface area contributed by atoms with E-state index in [4.69, 9.17) is 9.52 Å². The molecule has 0 bridgehead atoms. The van der Waals surface area contributed by atoms with E-state index in [2.05, 4.69) is 4.98 Å². The number of carboxylic acid groups (broad SMARTS) is 1. The summed E-state index contributed by atoms with van der Waals surface area (Å²) < 4.78 is 5.09. The molecule has 1 aromatic rings. The van der Waals surface area contributed by atoms with Gasteiger partial charge in [0.1, 0.15) is 0 Å². The molecule has 16 heavy (non-hydrogen) atoms. The molecule has 0 spiro atoms. The summed E-state index contributed by atoms with van der Waals surface area (Å²) in [6.07, 6.45) is 10.3. The number of aromatic carboxylic acids is 1. The van der Waals surface area contributed by atoms with E-state index in [-0.39, 0.29) is 5.76 Å². The second-order valence-electron chi connectivity index (χ2n) is 2.98. The highest BCUT2D eigenvalue weighted by Crippen LogP contribution is 2.16. The molecule has 1 N–H and O–H groups in total. The molecule has 0 fully saturated rings. The molecular weight excluding hydrogens is 206 g/mol. The highest BCUT2D eigenvalue weighted by Gasteiger charge is 2.11. The Morgan fingerprint density at radius 1 is 1.44 bits per heavy atom. The number of oxazole rings is 1. The second kappa shape index (κ2) is 5.70. The lowest BCUT2D eigenvalue weighted by atomic mass is 10.2. The van der Waals surface area contributed by atoms with Gasteiger partial charge in [-0.2, -0.15) is 0 Å². The molecule has 4 nitrogen and oxygen atoms in total. The predicted molar refractivity (Wildman–Crippen MR) is 61.1 cm³/mol. The quantitative estimate of drug-likeness (QED) is 0.791. The first-order valence-electron chi connectivity index (χ1n) is 4.84. The van der Waals surface area contributed by atoms with Crippen LogP contribution in [-0.2, 0) is 0 Å². The molecule has 0 aliphatic carbocycles. The lowest BCUT2D eigenvalue weighted by Crippen LogP contribution is -1.91. The molecule has 0 radical (unpaired) electrons. The first-order valence-corrected chi connectivity index (χ1v) is 4.84. The first-order chi connectivity index (χ1) is 7.69. The Kier molecular flexibility index (Phi) is 4.27. The van der Waals surface area contributed by atoms with Crippen LogP contribution in [0.2, 0.25) is 0 Å². The van der Waals surface area contributed by atoms with Gasteiger partial charge in [-0.25, -0.2) is 9.78 Å². The molecule has 0 aliphatic heterocycles. The number of rotatable bonds is 4. The zero-order valence-corrected chi connectivity index (χ0v) is 9.18. The smallest absolute Gasteiger partial charge is 0.373 e. The number of carboxylic acids is 1. The van der Waals surface area contributed by atoms with Crippen molar-refractivity contribution in [3.8, 4) is 0 Å². The van der Waals surface area contributed by atoms with E-state index in [1.807, 2.05) is 32.1 Å². The highest BCUT2D eigenvalue weighted by atomic mass is 16.4. The average molecular weight is 219 g/mol. The number of nitrogens with zero attached hydrogens (tertiary/aromatic N) is 1. The fraction of sp³-hybridized carbons (Fsp3) is 0.167. The lowest BCUT2D eigenvalue weighted by molar-refractivity contribution is 0.0662. The third-order valence-corrected chi connectivity index (χ3v) is 1.78. The van der Waals surface area contributed by atoms with E-state index in [9.17, 15) is 4.79 Å². The van der Waals surface area contributed by atoms with Crippen LogP contribution >= 0.6 is 0 Å². The summed E-state index contributed by atoms with van der Waals surface area (Å²) in [4.78, 5) is 14.5. The summed E-state index contributed by atoms with van der Waals surface area (Å²) in [5, 5.41) is 8.70. The van der Waals surface area contributed by atoms with Gasteiger partial charge in [-0.15, -0.1) is 0 Å². The van der Waals surface area contributed by atoms with E-state index in [0.717, 1.165) is 5.57 Å². The number of allylic oxidation sites excluding steroid dienone is 6. The molecule has 0 aromatic carbocycles. The standard InChI is InChI=1S/C12H13NO3/c1-3-5-7-9(6-4-2)11-13-8-10(16-11)12(14)15/h3-8H,1-2H3,(H,14,15)/b5-3-,6-4-,9-7+. The van der Waals surface area contributed by atoms with Crippen molar-refractivity contribution in [3.63, 3.8) is 0 Å². The number of carbonyl (C=O) groups is 1. The molecule has 0 unspecified atom stereocenters. The molecule has 0 amide bonds. The maximum atomic E-state index is 10.6. The lowest BCUT2D eigenvalue weighted by Gasteiger charge is -1.93. The normalized spacial score (nSPS) is 12.8. The van der Waals surface area contributed by atoms with Gasteiger partial charge in [-0.1, -0.05) is 24.3 Å². The van der Waals surface area contributed by atoms with E-state index in [0.29, 0.717) is 5.89 Å². The van der Waals surface area contributed by atoms with Crippen molar-refractivity contribution < 1.29 is 14.3 Å². The number of hydrogen-bond acceptors (Lipinski definition) is 3. The Morgan fingerprint density at radius 2 is 2.19 bits per heavy atom. The van der Waals surface area contributed by atoms with Crippen LogP contribution < -0.4 is 0 Å². The highest BCUT2D eigenvalue weighted by molar-refractivity contribution is 5.84. The van der Waals surface area contributed by atoms with Gasteiger partial charge in [-0.05, 0) is 19.9 Å². The van der Waals surface area contributed by atoms with Crippen molar-refractivity contribution in [2.24, 2.45) is 0 Å². The molecule has 4 heteroatoms. The minimum absolute atomic E-state index is 0.161. The van der Waals surface area contributed by atoms with Crippen molar-refractivity contribution in [1.82, 2.24) is 4.98 Å². The molecule has 1 aromatic heterocycles. The summed E-state index contributed by atoms with van der Waals surface area (Å²) in [5.41, 5.74) is 0.730. The zero-order chi connectivity index (χ0) is 12.0. The first kappa shape index (κ1) is 12.0.